The standard InChI is InChI=1S/C19H25NO2/c1-4-5-6-11-20-18(10-9-17(13-21)19(20)22)16-8-7-14(2)15(3)12-16/h7-10,12,21H,4-6,11,13H2,1-3H3. The van der Waals surface area contributed by atoms with E-state index in [1.165, 1.54) is 11.1 Å². The van der Waals surface area contributed by atoms with Crippen molar-refractivity contribution in [2.45, 2.75) is 53.2 Å². The normalized spacial score (nSPS) is 10.9. The van der Waals surface area contributed by atoms with Gasteiger partial charge in [0.1, 0.15) is 0 Å². The number of rotatable bonds is 6. The van der Waals surface area contributed by atoms with Crippen LogP contribution >= 0.6 is 0 Å². The average Bonchev–Trinajstić information content (AvgIpc) is 2.51. The third-order valence-corrected chi connectivity index (χ3v) is 4.21. The quantitative estimate of drug-likeness (QED) is 0.824. The highest BCUT2D eigenvalue weighted by atomic mass is 16.3. The van der Waals surface area contributed by atoms with Crippen molar-refractivity contribution in [2.75, 3.05) is 0 Å². The summed E-state index contributed by atoms with van der Waals surface area (Å²) in [5.74, 6) is 0. The van der Waals surface area contributed by atoms with Crippen molar-refractivity contribution in [1.82, 2.24) is 4.57 Å². The highest BCUT2D eigenvalue weighted by molar-refractivity contribution is 5.61. The molecule has 22 heavy (non-hydrogen) atoms. The zero-order valence-corrected chi connectivity index (χ0v) is 13.7. The monoisotopic (exact) mass is 299 g/mol. The van der Waals surface area contributed by atoms with Gasteiger partial charge in [-0.3, -0.25) is 4.79 Å². The van der Waals surface area contributed by atoms with Crippen LogP contribution in [0.15, 0.2) is 35.1 Å². The fraction of sp³-hybridized carbons (Fsp3) is 0.421. The Kier molecular flexibility index (Phi) is 5.56. The molecule has 1 N–H and O–H groups in total. The van der Waals surface area contributed by atoms with Crippen molar-refractivity contribution in [2.24, 2.45) is 0 Å². The minimum Gasteiger partial charge on any atom is -0.391 e. The Balaban J connectivity index is 2.51. The summed E-state index contributed by atoms with van der Waals surface area (Å²) in [5, 5.41) is 9.34. The topological polar surface area (TPSA) is 42.2 Å². The molecule has 0 fully saturated rings. The van der Waals surface area contributed by atoms with Gasteiger partial charge in [0.05, 0.1) is 12.3 Å². The maximum absolute atomic E-state index is 12.5. The van der Waals surface area contributed by atoms with Crippen molar-refractivity contribution in [1.29, 1.82) is 0 Å². The van der Waals surface area contributed by atoms with Crippen molar-refractivity contribution in [3.63, 3.8) is 0 Å². The number of hydrogen-bond donors (Lipinski definition) is 1. The fourth-order valence-corrected chi connectivity index (χ4v) is 2.64. The second-order valence-corrected chi connectivity index (χ2v) is 5.86. The van der Waals surface area contributed by atoms with E-state index in [1.54, 1.807) is 6.07 Å². The van der Waals surface area contributed by atoms with E-state index in [9.17, 15) is 9.90 Å². The van der Waals surface area contributed by atoms with E-state index >= 15 is 0 Å². The number of benzene rings is 1. The van der Waals surface area contributed by atoms with Crippen molar-refractivity contribution < 1.29 is 5.11 Å². The zero-order valence-electron chi connectivity index (χ0n) is 13.7. The molecule has 3 heteroatoms. The number of unbranched alkanes of at least 4 members (excludes halogenated alkanes) is 2. The zero-order chi connectivity index (χ0) is 16.1. The molecule has 0 bridgehead atoms. The Labute approximate surface area is 132 Å². The molecule has 1 aromatic heterocycles. The largest absolute Gasteiger partial charge is 0.391 e. The molecule has 0 amide bonds. The summed E-state index contributed by atoms with van der Waals surface area (Å²) in [6.07, 6.45) is 3.19. The second-order valence-electron chi connectivity index (χ2n) is 5.86. The molecule has 0 unspecified atom stereocenters. The molecule has 0 aliphatic heterocycles. The molecule has 0 aliphatic rings. The summed E-state index contributed by atoms with van der Waals surface area (Å²) in [7, 11) is 0. The summed E-state index contributed by atoms with van der Waals surface area (Å²) in [4.78, 5) is 12.5. The summed E-state index contributed by atoms with van der Waals surface area (Å²) in [6.45, 7) is 6.81. The maximum Gasteiger partial charge on any atom is 0.256 e. The number of aromatic nitrogens is 1. The van der Waals surface area contributed by atoms with Gasteiger partial charge in [-0.1, -0.05) is 31.9 Å². The smallest absolute Gasteiger partial charge is 0.256 e. The number of aliphatic hydroxyl groups excluding tert-OH is 1. The molecule has 1 aromatic carbocycles. The molecule has 3 nitrogen and oxygen atoms in total. The predicted molar refractivity (Wildman–Crippen MR) is 91.1 cm³/mol. The van der Waals surface area contributed by atoms with Crippen LogP contribution < -0.4 is 5.56 Å². The number of hydrogen-bond acceptors (Lipinski definition) is 2. The number of nitrogens with zero attached hydrogens (tertiary/aromatic N) is 1. The molecule has 2 aromatic rings. The van der Waals surface area contributed by atoms with E-state index in [-0.39, 0.29) is 12.2 Å². The predicted octanol–water partition coefficient (Wildman–Crippen LogP) is 3.81. The summed E-state index contributed by atoms with van der Waals surface area (Å²) < 4.78 is 1.81. The first kappa shape index (κ1) is 16.5. The SMILES string of the molecule is CCCCCn1c(-c2ccc(C)c(C)c2)ccc(CO)c1=O. The van der Waals surface area contributed by atoms with Gasteiger partial charge in [-0.05, 0) is 55.2 Å². The van der Waals surface area contributed by atoms with Gasteiger partial charge in [-0.25, -0.2) is 0 Å². The van der Waals surface area contributed by atoms with Gasteiger partial charge < -0.3 is 9.67 Å². The number of aliphatic hydroxyl groups is 1. The Morgan fingerprint density at radius 3 is 2.45 bits per heavy atom. The van der Waals surface area contributed by atoms with E-state index in [0.717, 1.165) is 30.5 Å². The Hall–Kier alpha value is -1.87. The van der Waals surface area contributed by atoms with Crippen molar-refractivity contribution in [3.8, 4) is 11.3 Å². The molecule has 0 aliphatic carbocycles. The molecular weight excluding hydrogens is 274 g/mol. The molecule has 0 radical (unpaired) electrons. The van der Waals surface area contributed by atoms with E-state index in [4.69, 9.17) is 0 Å². The Morgan fingerprint density at radius 2 is 1.82 bits per heavy atom. The first-order valence-corrected chi connectivity index (χ1v) is 7.99. The number of pyridine rings is 1. The second kappa shape index (κ2) is 7.41. The van der Waals surface area contributed by atoms with Crippen LogP contribution in [0.5, 0.6) is 0 Å². The van der Waals surface area contributed by atoms with Crippen LogP contribution in [0, 0.1) is 13.8 Å². The molecule has 0 spiro atoms. The molecule has 0 atom stereocenters. The Morgan fingerprint density at radius 1 is 1.05 bits per heavy atom. The lowest BCUT2D eigenvalue weighted by molar-refractivity contribution is 0.279. The van der Waals surface area contributed by atoms with Crippen LogP contribution in [-0.2, 0) is 13.2 Å². The van der Waals surface area contributed by atoms with Crippen LogP contribution in [0.1, 0.15) is 42.9 Å². The van der Waals surface area contributed by atoms with E-state index in [1.807, 2.05) is 10.6 Å². The van der Waals surface area contributed by atoms with Gasteiger partial charge in [0.15, 0.2) is 0 Å². The molecular formula is C19H25NO2. The first-order valence-electron chi connectivity index (χ1n) is 7.99. The van der Waals surface area contributed by atoms with Gasteiger partial charge in [0.2, 0.25) is 0 Å². The van der Waals surface area contributed by atoms with Crippen molar-refractivity contribution >= 4 is 0 Å². The van der Waals surface area contributed by atoms with Gasteiger partial charge >= 0.3 is 0 Å². The molecule has 0 saturated carbocycles. The lowest BCUT2D eigenvalue weighted by Crippen LogP contribution is -2.25. The molecule has 2 rings (SSSR count). The van der Waals surface area contributed by atoms with Gasteiger partial charge in [-0.15, -0.1) is 0 Å². The minimum absolute atomic E-state index is 0.0747. The molecule has 0 saturated heterocycles. The van der Waals surface area contributed by atoms with Crippen LogP contribution in [-0.4, -0.2) is 9.67 Å². The van der Waals surface area contributed by atoms with Gasteiger partial charge in [0, 0.05) is 12.1 Å². The van der Waals surface area contributed by atoms with Crippen LogP contribution in [0.4, 0.5) is 0 Å². The molecule has 1 heterocycles. The van der Waals surface area contributed by atoms with Gasteiger partial charge in [-0.2, -0.15) is 0 Å². The third kappa shape index (κ3) is 3.47. The summed E-state index contributed by atoms with van der Waals surface area (Å²) in [6, 6.07) is 9.96. The maximum atomic E-state index is 12.5. The third-order valence-electron chi connectivity index (χ3n) is 4.21. The highest BCUT2D eigenvalue weighted by Crippen LogP contribution is 2.22. The minimum atomic E-state index is -0.209. The van der Waals surface area contributed by atoms with Crippen molar-refractivity contribution in [3.05, 3.63) is 57.4 Å². The Bertz CT molecular complexity index is 701. The van der Waals surface area contributed by atoms with E-state index in [0.29, 0.717) is 12.1 Å². The van der Waals surface area contributed by atoms with Crippen LogP contribution in [0.2, 0.25) is 0 Å². The van der Waals surface area contributed by atoms with E-state index in [2.05, 4.69) is 39.0 Å². The van der Waals surface area contributed by atoms with Crippen LogP contribution in [0.3, 0.4) is 0 Å². The summed E-state index contributed by atoms with van der Waals surface area (Å²) >= 11 is 0. The first-order chi connectivity index (χ1) is 10.6. The van der Waals surface area contributed by atoms with E-state index < -0.39 is 0 Å². The fourth-order valence-electron chi connectivity index (χ4n) is 2.64. The van der Waals surface area contributed by atoms with Gasteiger partial charge in [0.25, 0.3) is 5.56 Å². The lowest BCUT2D eigenvalue weighted by Gasteiger charge is -2.15. The average molecular weight is 299 g/mol. The molecule has 118 valence electrons. The lowest BCUT2D eigenvalue weighted by atomic mass is 10.0. The van der Waals surface area contributed by atoms with Crippen LogP contribution in [0.25, 0.3) is 11.3 Å². The highest BCUT2D eigenvalue weighted by Gasteiger charge is 2.10. The number of aryl methyl sites for hydroxylation is 2. The summed E-state index contributed by atoms with van der Waals surface area (Å²) in [5.41, 5.74) is 4.84.